The van der Waals surface area contributed by atoms with Gasteiger partial charge in [0.2, 0.25) is 0 Å². The Bertz CT molecular complexity index is 1130. The van der Waals surface area contributed by atoms with E-state index in [1.807, 2.05) is 5.38 Å². The van der Waals surface area contributed by atoms with E-state index in [-0.39, 0.29) is 17.9 Å². The molecule has 0 radical (unpaired) electrons. The van der Waals surface area contributed by atoms with Gasteiger partial charge < -0.3 is 19.7 Å². The van der Waals surface area contributed by atoms with Crippen LogP contribution < -0.4 is 19.7 Å². The Kier molecular flexibility index (Phi) is 6.11. The highest BCUT2D eigenvalue weighted by Gasteiger charge is 2.33. The largest absolute Gasteiger partial charge is 0.493 e. The van der Waals surface area contributed by atoms with Crippen LogP contribution in [-0.4, -0.2) is 37.0 Å². The topological polar surface area (TPSA) is 80.8 Å². The lowest BCUT2D eigenvalue weighted by molar-refractivity contribution is 0.0932. The summed E-state index contributed by atoms with van der Waals surface area (Å²) in [5.41, 5.74) is 2.25. The van der Waals surface area contributed by atoms with Gasteiger partial charge in [0, 0.05) is 17.5 Å². The van der Waals surface area contributed by atoms with Crippen molar-refractivity contribution in [3.8, 4) is 11.5 Å². The molecule has 0 aliphatic carbocycles. The molecule has 2 aromatic carbocycles. The van der Waals surface area contributed by atoms with Gasteiger partial charge in [0.25, 0.3) is 11.8 Å². The lowest BCUT2D eigenvalue weighted by atomic mass is 10.0. The number of hydrogen-bond acceptors (Lipinski definition) is 6. The number of hydrogen-bond donors (Lipinski definition) is 1. The van der Waals surface area contributed by atoms with E-state index in [2.05, 4.69) is 9.69 Å². The average molecular weight is 458 g/mol. The number of amides is 2. The Morgan fingerprint density at radius 1 is 1.16 bits per heavy atom. The Hall–Kier alpha value is -3.10. The van der Waals surface area contributed by atoms with Crippen LogP contribution in [0.3, 0.4) is 0 Å². The van der Waals surface area contributed by atoms with Crippen molar-refractivity contribution in [3.63, 3.8) is 0 Å². The minimum Gasteiger partial charge on any atom is -0.493 e. The van der Waals surface area contributed by atoms with E-state index < -0.39 is 0 Å². The van der Waals surface area contributed by atoms with Crippen molar-refractivity contribution in [1.29, 1.82) is 0 Å². The standard InChI is InChI=1S/C22H20ClN3O4S/c1-29-18-8-7-13(11-19(18)30-2)22(28)26-10-9-16(20-17(26)12-31-25-20)24-21(27)14-5-3-4-6-15(14)23/h3-8,11-12,16H,9-10H2,1-2H3,(H,24,27). The molecule has 1 aliphatic rings. The summed E-state index contributed by atoms with van der Waals surface area (Å²) in [4.78, 5) is 27.6. The SMILES string of the molecule is COc1ccc(C(=O)N2CCC(NC(=O)c3ccccc3Cl)c3nscc32)cc1OC. The summed E-state index contributed by atoms with van der Waals surface area (Å²) in [5.74, 6) is 0.601. The normalized spacial score (nSPS) is 15.2. The van der Waals surface area contributed by atoms with Crippen LogP contribution in [0.1, 0.15) is 38.9 Å². The van der Waals surface area contributed by atoms with Gasteiger partial charge in [0.05, 0.1) is 36.5 Å². The summed E-state index contributed by atoms with van der Waals surface area (Å²) in [6.07, 6.45) is 0.534. The Balaban J connectivity index is 1.56. The number of nitrogens with one attached hydrogen (secondary N) is 1. The second-order valence-electron chi connectivity index (χ2n) is 6.91. The zero-order valence-electron chi connectivity index (χ0n) is 16.9. The summed E-state index contributed by atoms with van der Waals surface area (Å²) < 4.78 is 15.0. The molecule has 7 nitrogen and oxygen atoms in total. The van der Waals surface area contributed by atoms with Crippen LogP contribution in [-0.2, 0) is 0 Å². The molecular weight excluding hydrogens is 438 g/mol. The number of benzene rings is 2. The van der Waals surface area contributed by atoms with Crippen molar-refractivity contribution in [2.45, 2.75) is 12.5 Å². The van der Waals surface area contributed by atoms with Crippen molar-refractivity contribution < 1.29 is 19.1 Å². The van der Waals surface area contributed by atoms with Crippen molar-refractivity contribution in [2.75, 3.05) is 25.7 Å². The van der Waals surface area contributed by atoms with Crippen LogP contribution in [0.2, 0.25) is 5.02 Å². The number of fused-ring (bicyclic) bond motifs is 1. The number of anilines is 1. The number of aromatic nitrogens is 1. The summed E-state index contributed by atoms with van der Waals surface area (Å²) in [5, 5.41) is 5.21. The Morgan fingerprint density at radius 2 is 1.94 bits per heavy atom. The predicted octanol–water partition coefficient (Wildman–Crippen LogP) is 4.34. The third-order valence-corrected chi connectivity index (χ3v) is 6.10. The van der Waals surface area contributed by atoms with Crippen LogP contribution >= 0.6 is 23.1 Å². The molecule has 0 saturated heterocycles. The van der Waals surface area contributed by atoms with Gasteiger partial charge in [0.15, 0.2) is 11.5 Å². The lowest BCUT2D eigenvalue weighted by Gasteiger charge is -2.31. The first-order valence-electron chi connectivity index (χ1n) is 9.57. The molecule has 31 heavy (non-hydrogen) atoms. The van der Waals surface area contributed by atoms with E-state index >= 15 is 0 Å². The molecule has 0 spiro atoms. The summed E-state index contributed by atoms with van der Waals surface area (Å²) in [6.45, 7) is 0.437. The van der Waals surface area contributed by atoms with Gasteiger partial charge in [-0.15, -0.1) is 0 Å². The molecule has 1 atom stereocenters. The molecule has 0 bridgehead atoms. The number of rotatable bonds is 5. The van der Waals surface area contributed by atoms with Crippen LogP contribution in [0.25, 0.3) is 0 Å². The van der Waals surface area contributed by atoms with E-state index in [1.165, 1.54) is 18.6 Å². The molecule has 1 aliphatic heterocycles. The molecule has 3 aromatic rings. The molecule has 0 fully saturated rings. The number of carbonyl (C=O) groups is 2. The number of ether oxygens (including phenoxy) is 2. The van der Waals surface area contributed by atoms with Crippen LogP contribution in [0.15, 0.2) is 47.8 Å². The molecule has 1 aromatic heterocycles. The number of carbonyl (C=O) groups excluding carboxylic acids is 2. The Labute approximate surface area is 188 Å². The third kappa shape index (κ3) is 4.08. The molecule has 1 unspecified atom stereocenters. The minimum atomic E-state index is -0.306. The smallest absolute Gasteiger partial charge is 0.258 e. The van der Waals surface area contributed by atoms with Gasteiger partial charge in [-0.25, -0.2) is 0 Å². The first-order valence-corrected chi connectivity index (χ1v) is 10.8. The maximum atomic E-state index is 13.2. The molecular formula is C22H20ClN3O4S. The molecule has 2 amide bonds. The summed E-state index contributed by atoms with van der Waals surface area (Å²) in [6, 6.07) is 11.6. The van der Waals surface area contributed by atoms with E-state index in [9.17, 15) is 9.59 Å². The van der Waals surface area contributed by atoms with E-state index in [0.29, 0.717) is 52.0 Å². The summed E-state index contributed by atoms with van der Waals surface area (Å²) in [7, 11) is 3.07. The van der Waals surface area contributed by atoms with Gasteiger partial charge in [-0.2, -0.15) is 4.37 Å². The monoisotopic (exact) mass is 457 g/mol. The van der Waals surface area contributed by atoms with Crippen molar-refractivity contribution >= 4 is 40.6 Å². The molecule has 2 heterocycles. The third-order valence-electron chi connectivity index (χ3n) is 5.14. The summed E-state index contributed by atoms with van der Waals surface area (Å²) >= 11 is 7.40. The highest BCUT2D eigenvalue weighted by Crippen LogP contribution is 2.36. The van der Waals surface area contributed by atoms with Crippen molar-refractivity contribution in [3.05, 3.63) is 69.7 Å². The minimum absolute atomic E-state index is 0.168. The van der Waals surface area contributed by atoms with Gasteiger partial charge in [-0.05, 0) is 48.3 Å². The molecule has 160 valence electrons. The highest BCUT2D eigenvalue weighted by molar-refractivity contribution is 7.04. The predicted molar refractivity (Wildman–Crippen MR) is 120 cm³/mol. The second-order valence-corrected chi connectivity index (χ2v) is 7.94. The zero-order chi connectivity index (χ0) is 22.0. The number of methoxy groups -OCH3 is 2. The molecule has 9 heteroatoms. The zero-order valence-corrected chi connectivity index (χ0v) is 18.5. The first kappa shape index (κ1) is 21.1. The van der Waals surface area contributed by atoms with E-state index in [0.717, 1.165) is 0 Å². The van der Waals surface area contributed by atoms with Crippen molar-refractivity contribution in [1.82, 2.24) is 9.69 Å². The quantitative estimate of drug-likeness (QED) is 0.616. The molecule has 1 N–H and O–H groups in total. The van der Waals surface area contributed by atoms with Crippen LogP contribution in [0.5, 0.6) is 11.5 Å². The van der Waals surface area contributed by atoms with Gasteiger partial charge >= 0.3 is 0 Å². The second kappa shape index (κ2) is 8.95. The number of halogens is 1. The van der Waals surface area contributed by atoms with E-state index in [4.69, 9.17) is 21.1 Å². The maximum Gasteiger partial charge on any atom is 0.258 e. The average Bonchev–Trinajstić information content (AvgIpc) is 3.29. The van der Waals surface area contributed by atoms with Crippen LogP contribution in [0, 0.1) is 0 Å². The van der Waals surface area contributed by atoms with E-state index in [1.54, 1.807) is 54.5 Å². The number of nitrogens with zero attached hydrogens (tertiary/aromatic N) is 2. The van der Waals surface area contributed by atoms with Gasteiger partial charge in [-0.3, -0.25) is 9.59 Å². The first-order chi connectivity index (χ1) is 15.0. The molecule has 0 saturated carbocycles. The fourth-order valence-electron chi connectivity index (χ4n) is 3.56. The maximum absolute atomic E-state index is 13.2. The van der Waals surface area contributed by atoms with Crippen LogP contribution in [0.4, 0.5) is 5.69 Å². The fourth-order valence-corrected chi connectivity index (χ4v) is 4.51. The molecule has 4 rings (SSSR count). The highest BCUT2D eigenvalue weighted by atomic mass is 35.5. The fraction of sp³-hybridized carbons (Fsp3) is 0.227. The van der Waals surface area contributed by atoms with Gasteiger partial charge in [-0.1, -0.05) is 23.7 Å². The lowest BCUT2D eigenvalue weighted by Crippen LogP contribution is -2.41. The van der Waals surface area contributed by atoms with Crippen molar-refractivity contribution in [2.24, 2.45) is 0 Å². The van der Waals surface area contributed by atoms with Gasteiger partial charge in [0.1, 0.15) is 5.69 Å². The Morgan fingerprint density at radius 3 is 2.68 bits per heavy atom.